The number of methoxy groups -OCH3 is 1. The fourth-order valence-electron chi connectivity index (χ4n) is 4.30. The van der Waals surface area contributed by atoms with Crippen LogP contribution in [0.4, 0.5) is 5.69 Å². The summed E-state index contributed by atoms with van der Waals surface area (Å²) in [7, 11) is 1.67. The smallest absolute Gasteiger partial charge is 0.267 e. The van der Waals surface area contributed by atoms with E-state index >= 15 is 0 Å². The van der Waals surface area contributed by atoms with Gasteiger partial charge in [0.2, 0.25) is 0 Å². The number of anilines is 1. The standard InChI is InChI=1S/C25H31N3O2S/c1-19-7-6-10-23(27-17-15-26-16-18-27)24(31-22-13-11-21(30-2)12-14-22)25(29)28(19)20-8-4-3-5-9-20/h3-5,8-9,11-14,19,26H,6-7,10,15-18H2,1-2H3/b24-23-. The number of rotatable bonds is 5. The Kier molecular flexibility index (Phi) is 7.20. The summed E-state index contributed by atoms with van der Waals surface area (Å²) < 4.78 is 5.31. The molecule has 2 aromatic carbocycles. The van der Waals surface area contributed by atoms with Crippen LogP contribution in [-0.2, 0) is 4.79 Å². The molecule has 2 aliphatic rings. The minimum absolute atomic E-state index is 0.104. The lowest BCUT2D eigenvalue weighted by atomic mass is 10.0. The Hall–Kier alpha value is -2.44. The fourth-order valence-corrected chi connectivity index (χ4v) is 5.34. The number of para-hydroxylation sites is 1. The number of carbonyl (C=O) groups excluding carboxylic acids is 1. The molecule has 4 rings (SSSR count). The summed E-state index contributed by atoms with van der Waals surface area (Å²) in [5.74, 6) is 0.928. The molecule has 31 heavy (non-hydrogen) atoms. The molecule has 1 fully saturated rings. The highest BCUT2D eigenvalue weighted by Crippen LogP contribution is 2.38. The van der Waals surface area contributed by atoms with E-state index in [-0.39, 0.29) is 11.9 Å². The number of nitrogens with zero attached hydrogens (tertiary/aromatic N) is 2. The average Bonchev–Trinajstić information content (AvgIpc) is 2.82. The molecular formula is C25H31N3O2S. The minimum atomic E-state index is 0.104. The summed E-state index contributed by atoms with van der Waals surface area (Å²) in [6.45, 7) is 5.96. The highest BCUT2D eigenvalue weighted by Gasteiger charge is 2.32. The summed E-state index contributed by atoms with van der Waals surface area (Å²) in [6.07, 6.45) is 3.01. The number of amides is 1. The van der Waals surface area contributed by atoms with Crippen molar-refractivity contribution in [3.8, 4) is 5.75 Å². The van der Waals surface area contributed by atoms with Crippen LogP contribution in [0, 0.1) is 0 Å². The molecule has 1 atom stereocenters. The van der Waals surface area contributed by atoms with Gasteiger partial charge in [-0.05, 0) is 62.6 Å². The quantitative estimate of drug-likeness (QED) is 0.746. The second-order valence-corrected chi connectivity index (χ2v) is 9.13. The van der Waals surface area contributed by atoms with Crippen LogP contribution in [0.5, 0.6) is 5.75 Å². The first kappa shape index (κ1) is 21.8. The zero-order valence-corrected chi connectivity index (χ0v) is 19.2. The van der Waals surface area contributed by atoms with Crippen molar-refractivity contribution in [2.24, 2.45) is 0 Å². The molecule has 0 radical (unpaired) electrons. The van der Waals surface area contributed by atoms with Gasteiger partial charge in [-0.3, -0.25) is 4.79 Å². The van der Waals surface area contributed by atoms with Gasteiger partial charge in [-0.1, -0.05) is 30.0 Å². The van der Waals surface area contributed by atoms with Gasteiger partial charge in [0.1, 0.15) is 5.75 Å². The van der Waals surface area contributed by atoms with Crippen LogP contribution >= 0.6 is 11.8 Å². The fraction of sp³-hybridized carbons (Fsp3) is 0.400. The molecule has 2 heterocycles. The third-order valence-electron chi connectivity index (χ3n) is 5.96. The van der Waals surface area contributed by atoms with Gasteiger partial charge in [0.25, 0.3) is 5.91 Å². The summed E-state index contributed by atoms with van der Waals surface area (Å²) in [6, 6.07) is 18.2. The molecule has 0 aromatic heterocycles. The Morgan fingerprint density at radius 2 is 1.74 bits per heavy atom. The third-order valence-corrected chi connectivity index (χ3v) is 7.09. The van der Waals surface area contributed by atoms with Gasteiger partial charge in [0.15, 0.2) is 0 Å². The van der Waals surface area contributed by atoms with E-state index in [0.29, 0.717) is 0 Å². The number of allylic oxidation sites excluding steroid dienone is 1. The van der Waals surface area contributed by atoms with Crippen molar-refractivity contribution in [1.29, 1.82) is 0 Å². The van der Waals surface area contributed by atoms with Crippen LogP contribution in [0.2, 0.25) is 0 Å². The molecule has 1 amide bonds. The van der Waals surface area contributed by atoms with Crippen LogP contribution < -0.4 is 15.0 Å². The predicted molar refractivity (Wildman–Crippen MR) is 128 cm³/mol. The van der Waals surface area contributed by atoms with Crippen molar-refractivity contribution in [2.75, 3.05) is 38.2 Å². The van der Waals surface area contributed by atoms with Crippen LogP contribution in [0.15, 0.2) is 70.1 Å². The Labute approximate surface area is 189 Å². The Bertz CT molecular complexity index is 908. The number of thioether (sulfide) groups is 1. The maximum atomic E-state index is 14.1. The largest absolute Gasteiger partial charge is 0.497 e. The van der Waals surface area contributed by atoms with Crippen LogP contribution in [0.25, 0.3) is 0 Å². The lowest BCUT2D eigenvalue weighted by molar-refractivity contribution is -0.115. The Balaban J connectivity index is 1.76. The van der Waals surface area contributed by atoms with Gasteiger partial charge in [-0.15, -0.1) is 0 Å². The van der Waals surface area contributed by atoms with Crippen molar-refractivity contribution < 1.29 is 9.53 Å². The molecule has 1 unspecified atom stereocenters. The topological polar surface area (TPSA) is 44.8 Å². The van der Waals surface area contributed by atoms with Gasteiger partial charge in [-0.25, -0.2) is 0 Å². The zero-order valence-electron chi connectivity index (χ0n) is 18.3. The molecule has 0 spiro atoms. The van der Waals surface area contributed by atoms with Crippen molar-refractivity contribution in [1.82, 2.24) is 10.2 Å². The minimum Gasteiger partial charge on any atom is -0.497 e. The van der Waals surface area contributed by atoms with Gasteiger partial charge < -0.3 is 19.9 Å². The summed E-state index contributed by atoms with van der Waals surface area (Å²) in [4.78, 5) is 20.4. The molecule has 164 valence electrons. The maximum Gasteiger partial charge on any atom is 0.267 e. The van der Waals surface area contributed by atoms with E-state index in [1.54, 1.807) is 18.9 Å². The third kappa shape index (κ3) is 5.08. The van der Waals surface area contributed by atoms with Crippen LogP contribution in [0.3, 0.4) is 0 Å². The van der Waals surface area contributed by atoms with E-state index in [0.717, 1.165) is 66.7 Å². The molecular weight excluding hydrogens is 406 g/mol. The van der Waals surface area contributed by atoms with E-state index in [4.69, 9.17) is 4.74 Å². The first-order valence-corrected chi connectivity index (χ1v) is 11.9. The average molecular weight is 438 g/mol. The molecule has 2 aromatic rings. The molecule has 1 N–H and O–H groups in total. The van der Waals surface area contributed by atoms with E-state index in [1.807, 2.05) is 59.5 Å². The number of hydrogen-bond acceptors (Lipinski definition) is 5. The molecule has 0 bridgehead atoms. The second-order valence-electron chi connectivity index (χ2n) is 8.04. The molecule has 2 aliphatic heterocycles. The van der Waals surface area contributed by atoms with E-state index < -0.39 is 0 Å². The molecule has 0 aliphatic carbocycles. The number of ether oxygens (including phenoxy) is 1. The molecule has 0 saturated carbocycles. The van der Waals surface area contributed by atoms with E-state index in [2.05, 4.69) is 17.1 Å². The molecule has 5 nitrogen and oxygen atoms in total. The summed E-state index contributed by atoms with van der Waals surface area (Å²) in [5, 5.41) is 3.43. The predicted octanol–water partition coefficient (Wildman–Crippen LogP) is 4.51. The van der Waals surface area contributed by atoms with Gasteiger partial charge in [-0.2, -0.15) is 0 Å². The number of piperazine rings is 1. The van der Waals surface area contributed by atoms with Gasteiger partial charge in [0, 0.05) is 48.5 Å². The van der Waals surface area contributed by atoms with Crippen LogP contribution in [0.1, 0.15) is 26.2 Å². The monoisotopic (exact) mass is 437 g/mol. The number of benzene rings is 2. The van der Waals surface area contributed by atoms with Crippen molar-refractivity contribution in [3.05, 3.63) is 65.2 Å². The van der Waals surface area contributed by atoms with E-state index in [1.165, 1.54) is 5.70 Å². The van der Waals surface area contributed by atoms with E-state index in [9.17, 15) is 4.79 Å². The Morgan fingerprint density at radius 3 is 2.42 bits per heavy atom. The molecule has 6 heteroatoms. The van der Waals surface area contributed by atoms with Crippen molar-refractivity contribution in [2.45, 2.75) is 37.1 Å². The summed E-state index contributed by atoms with van der Waals surface area (Å²) >= 11 is 1.59. The zero-order chi connectivity index (χ0) is 21.6. The number of hydrogen-bond donors (Lipinski definition) is 1. The maximum absolute atomic E-state index is 14.1. The second kappa shape index (κ2) is 10.2. The normalized spacial score (nSPS) is 22.8. The van der Waals surface area contributed by atoms with Crippen molar-refractivity contribution >= 4 is 23.4 Å². The highest BCUT2D eigenvalue weighted by molar-refractivity contribution is 8.04. The first-order valence-electron chi connectivity index (χ1n) is 11.1. The number of nitrogens with one attached hydrogen (secondary N) is 1. The Morgan fingerprint density at radius 1 is 1.03 bits per heavy atom. The highest BCUT2D eigenvalue weighted by atomic mass is 32.2. The summed E-state index contributed by atoms with van der Waals surface area (Å²) in [5.41, 5.74) is 2.16. The van der Waals surface area contributed by atoms with Crippen LogP contribution in [-0.4, -0.2) is 50.1 Å². The van der Waals surface area contributed by atoms with Gasteiger partial charge in [0.05, 0.1) is 12.0 Å². The van der Waals surface area contributed by atoms with Gasteiger partial charge >= 0.3 is 0 Å². The number of carbonyl (C=O) groups is 1. The SMILES string of the molecule is COc1ccc(S/C2=C(\N3CCNCC3)CCCC(C)N(c3ccccc3)C2=O)cc1. The molecule has 1 saturated heterocycles. The lowest BCUT2D eigenvalue weighted by Gasteiger charge is -2.37. The lowest BCUT2D eigenvalue weighted by Crippen LogP contribution is -2.46. The first-order chi connectivity index (χ1) is 15.2. The van der Waals surface area contributed by atoms with Crippen molar-refractivity contribution in [3.63, 3.8) is 0 Å².